The molecule has 0 unspecified atom stereocenters. The van der Waals surface area contributed by atoms with Crippen LogP contribution < -0.4 is 0 Å². The predicted octanol–water partition coefficient (Wildman–Crippen LogP) is 1.10. The van der Waals surface area contributed by atoms with Crippen molar-refractivity contribution in [3.05, 3.63) is 24.3 Å². The van der Waals surface area contributed by atoms with Gasteiger partial charge < -0.3 is 10.2 Å². The monoisotopic (exact) mass is 122 g/mol. The first-order valence-corrected chi connectivity index (χ1v) is 2.27. The van der Waals surface area contributed by atoms with Crippen LogP contribution in [0.5, 0.6) is 11.5 Å². The molecule has 0 saturated carbocycles. The van der Waals surface area contributed by atoms with Gasteiger partial charge in [-0.1, -0.05) is 0 Å². The van der Waals surface area contributed by atoms with Gasteiger partial charge in [0.15, 0.2) is 0 Å². The molecule has 1 aromatic carbocycles. The zero-order valence-electron chi connectivity index (χ0n) is 4.20. The Morgan fingerprint density at radius 2 is 1.00 bits per heavy atom. The van der Waals surface area contributed by atoms with E-state index in [9.17, 15) is 0 Å². The van der Waals surface area contributed by atoms with Crippen molar-refractivity contribution < 1.29 is 10.2 Å². The molecular formula is C6H6O2. The van der Waals surface area contributed by atoms with Crippen molar-refractivity contribution in [1.82, 2.24) is 0 Å². The second kappa shape index (κ2) is 1.74. The summed E-state index contributed by atoms with van der Waals surface area (Å²) in [6, 6.07) is 5.70. The molecule has 1 rings (SSSR count). The third-order valence-electron chi connectivity index (χ3n) is 0.850. The molecule has 0 atom stereocenters. The highest BCUT2D eigenvalue weighted by Gasteiger charge is 1.84. The van der Waals surface area contributed by atoms with Crippen LogP contribution in [0.4, 0.5) is 0 Å². The Bertz CT molecular complexity index is 145. The van der Waals surface area contributed by atoms with E-state index < -0.39 is 0 Å². The molecule has 0 saturated heterocycles. The molecule has 2 N–H and O–H groups in total. The Balaban J connectivity index is 3.03. The van der Waals surface area contributed by atoms with Gasteiger partial charge in [0, 0.05) is 0 Å². The summed E-state index contributed by atoms with van der Waals surface area (Å²) >= 11 is 0. The topological polar surface area (TPSA) is 40.5 Å². The highest BCUT2D eigenvalue weighted by molar-refractivity contribution is 5.28. The number of phenolic OH excluding ortho intramolecular Hbond substituents is 2. The summed E-state index contributed by atoms with van der Waals surface area (Å²) in [7, 11) is 0. The maximum atomic E-state index is 8.65. The number of rotatable bonds is 0. The molecule has 0 radical (unpaired) electrons. The highest BCUT2D eigenvalue weighted by atomic mass is 16.6. The van der Waals surface area contributed by atoms with Crippen LogP contribution in [-0.4, -0.2) is 10.2 Å². The van der Waals surface area contributed by atoms with E-state index in [0.717, 1.165) is 0 Å². The minimum atomic E-state index is 0.169. The second-order valence-corrected chi connectivity index (χ2v) is 1.52. The van der Waals surface area contributed by atoms with Crippen LogP contribution in [0.25, 0.3) is 0 Å². The molecule has 2 heteroatoms. The Kier molecular flexibility index (Phi) is 1.08. The van der Waals surface area contributed by atoms with Crippen molar-refractivity contribution in [2.75, 3.05) is 0 Å². The zero-order chi connectivity index (χ0) is 5.98. The van der Waals surface area contributed by atoms with E-state index in [0.29, 0.717) is 0 Å². The third-order valence-corrected chi connectivity index (χ3v) is 0.850. The van der Waals surface area contributed by atoms with Crippen LogP contribution in [0.2, 0.25) is 0 Å². The molecule has 0 aliphatic heterocycles. The third kappa shape index (κ3) is 0.904. The molecule has 0 aliphatic rings. The van der Waals surface area contributed by atoms with Crippen molar-refractivity contribution in [3.8, 4) is 11.5 Å². The first-order valence-electron chi connectivity index (χ1n) is 2.27. The molecule has 0 spiro atoms. The Hall–Kier alpha value is -1.18. The first kappa shape index (κ1) is 4.97. The van der Waals surface area contributed by atoms with Gasteiger partial charge in [0.25, 0.3) is 0 Å². The van der Waals surface area contributed by atoms with Gasteiger partial charge in [0.2, 0.25) is 0 Å². The molecule has 0 bridgehead atoms. The van der Waals surface area contributed by atoms with Gasteiger partial charge >= 0.3 is 0 Å². The Labute approximate surface area is 47.0 Å². The van der Waals surface area contributed by atoms with Gasteiger partial charge in [0.05, 0.1) is 0 Å². The average molecular weight is 122 g/mol. The van der Waals surface area contributed by atoms with Crippen LogP contribution in [0.1, 0.15) is 0 Å². The summed E-state index contributed by atoms with van der Waals surface area (Å²) in [5.41, 5.74) is 0. The van der Waals surface area contributed by atoms with E-state index in [1.807, 2.05) is 0 Å². The molecule has 1 aromatic rings. The lowest BCUT2D eigenvalue weighted by molar-refractivity contribution is 0.460. The largest absolute Gasteiger partial charge is 0.508 e. The van der Waals surface area contributed by atoms with E-state index in [-0.39, 0.29) is 11.5 Å². The molecule has 0 heterocycles. The van der Waals surface area contributed by atoms with E-state index in [1.165, 1.54) is 24.3 Å². The number of hydrogen-bond acceptors (Lipinski definition) is 2. The zero-order valence-corrected chi connectivity index (χ0v) is 4.20. The summed E-state index contributed by atoms with van der Waals surface area (Å²) in [4.78, 5) is 0. The van der Waals surface area contributed by atoms with Gasteiger partial charge in [0.1, 0.15) is 11.5 Å². The van der Waals surface area contributed by atoms with Crippen LogP contribution in [-0.2, 0) is 0 Å². The highest BCUT2D eigenvalue weighted by Crippen LogP contribution is 2.13. The number of benzene rings is 1. The van der Waals surface area contributed by atoms with Crippen molar-refractivity contribution in [3.63, 3.8) is 0 Å². The number of phenols is 2. The van der Waals surface area contributed by atoms with Crippen LogP contribution >= 0.6 is 0 Å². The van der Waals surface area contributed by atoms with Gasteiger partial charge in [-0.15, -0.1) is 0 Å². The summed E-state index contributed by atoms with van der Waals surface area (Å²) in [6.07, 6.45) is 0. The molecule has 0 aliphatic carbocycles. The molecule has 2 nitrogen and oxygen atoms in total. The predicted molar refractivity (Wildman–Crippen MR) is 29.8 cm³/mol. The smallest absolute Gasteiger partial charge is 0.115 e. The molecule has 0 aromatic heterocycles. The van der Waals surface area contributed by atoms with Gasteiger partial charge in [-0.3, -0.25) is 0 Å². The van der Waals surface area contributed by atoms with E-state index >= 15 is 0 Å². The lowest BCUT2D eigenvalue weighted by atomic mass is 12.3. The fourth-order valence-corrected chi connectivity index (χ4v) is 0.453. The summed E-state index contributed by atoms with van der Waals surface area (Å²) in [5, 5.41) is 17.3. The first-order chi connectivity index (χ1) is 3.79. The van der Waals surface area contributed by atoms with Crippen molar-refractivity contribution in [2.24, 2.45) is 0 Å². The fraction of sp³-hybridized carbons (Fsp3) is 0. The maximum Gasteiger partial charge on any atom is 0.115 e. The average Bonchev–Trinajstić information content (AvgIpc) is 1.77. The lowest BCUT2D eigenvalue weighted by Gasteiger charge is -1.88. The quantitative estimate of drug-likeness (QED) is 0.506. The van der Waals surface area contributed by atoms with Crippen molar-refractivity contribution >= 4 is 0 Å². The molecule has 0 fully saturated rings. The maximum absolute atomic E-state index is 8.65. The van der Waals surface area contributed by atoms with E-state index in [2.05, 4.69) is 0 Å². The number of aromatic hydroxyl groups is 2. The molecular weight excluding hydrogens is 116 g/mol. The molecule has 0 amide bonds. The molecule has 8 heavy (non-hydrogen) atoms. The van der Waals surface area contributed by atoms with Gasteiger partial charge in [-0.25, -0.2) is 0 Å². The van der Waals surface area contributed by atoms with Crippen LogP contribution in [0.3, 0.4) is 0 Å². The summed E-state index contributed by atoms with van der Waals surface area (Å²) in [6.45, 7) is 0. The van der Waals surface area contributed by atoms with Gasteiger partial charge in [-0.2, -0.15) is 0 Å². The molecule has 42 valence electrons. The van der Waals surface area contributed by atoms with Crippen LogP contribution in [0.15, 0.2) is 24.3 Å². The lowest BCUT2D eigenvalue weighted by Crippen LogP contribution is -1.61. The summed E-state index contributed by atoms with van der Waals surface area (Å²) < 4.78 is 0. The van der Waals surface area contributed by atoms with Gasteiger partial charge in [-0.05, 0) is 24.3 Å². The van der Waals surface area contributed by atoms with E-state index in [1.54, 1.807) is 0 Å². The van der Waals surface area contributed by atoms with Crippen molar-refractivity contribution in [1.29, 1.82) is 0 Å². The fourth-order valence-electron chi connectivity index (χ4n) is 0.453. The second-order valence-electron chi connectivity index (χ2n) is 1.52. The van der Waals surface area contributed by atoms with Crippen molar-refractivity contribution in [2.45, 2.75) is 0 Å². The number of hydrogen-bond donors (Lipinski definition) is 2. The minimum Gasteiger partial charge on any atom is -0.508 e. The Morgan fingerprint density at radius 1 is 0.750 bits per heavy atom. The summed E-state index contributed by atoms with van der Waals surface area (Å²) in [5.74, 6) is 0.339. The SMILES string of the molecule is O[14c]1[14cH][14cH][14c](O)[14cH][14cH]1. The standard InChI is InChI=1S/C6H6O2/c7-5-1-2-6(8)4-3-5/h1-4,7-8H/i1+2,2+2,3+2,4+2,5+2,6+2. The normalized spacial score (nSPS) is 9.00. The van der Waals surface area contributed by atoms with E-state index in [4.69, 9.17) is 10.2 Å². The van der Waals surface area contributed by atoms with Crippen LogP contribution in [0, 0.1) is 0 Å². The minimum absolute atomic E-state index is 0.169. The Morgan fingerprint density at radius 3 is 1.25 bits per heavy atom.